The zero-order chi connectivity index (χ0) is 18.8. The normalized spacial score (nSPS) is 12.5. The van der Waals surface area contributed by atoms with Crippen LogP contribution in [0.4, 0.5) is 5.95 Å². The molecule has 8 heteroatoms. The summed E-state index contributed by atoms with van der Waals surface area (Å²) in [6.45, 7) is 2.32. The second kappa shape index (κ2) is 7.17. The molecule has 3 rings (SSSR count). The largest absolute Gasteiger partial charge is 0.394 e. The fourth-order valence-corrected chi connectivity index (χ4v) is 2.94. The number of rotatable bonds is 6. The van der Waals surface area contributed by atoms with E-state index in [9.17, 15) is 14.7 Å². The summed E-state index contributed by atoms with van der Waals surface area (Å²) in [5.74, 6) is 0.461. The predicted molar refractivity (Wildman–Crippen MR) is 101 cm³/mol. The number of hydrogen-bond acceptors (Lipinski definition) is 5. The molecule has 0 saturated heterocycles. The van der Waals surface area contributed by atoms with Gasteiger partial charge >= 0.3 is 5.69 Å². The maximum absolute atomic E-state index is 12.8. The van der Waals surface area contributed by atoms with Crippen molar-refractivity contribution in [1.29, 1.82) is 0 Å². The van der Waals surface area contributed by atoms with Crippen LogP contribution in [0.1, 0.15) is 18.9 Å². The van der Waals surface area contributed by atoms with Crippen molar-refractivity contribution in [3.63, 3.8) is 0 Å². The number of aliphatic hydroxyl groups excluding tert-OH is 1. The van der Waals surface area contributed by atoms with Crippen LogP contribution in [-0.4, -0.2) is 36.4 Å². The lowest BCUT2D eigenvalue weighted by atomic mass is 10.2. The van der Waals surface area contributed by atoms with Crippen LogP contribution < -0.4 is 16.6 Å². The molecule has 0 spiro atoms. The fourth-order valence-electron chi connectivity index (χ4n) is 2.94. The second-order valence-corrected chi connectivity index (χ2v) is 6.32. The van der Waals surface area contributed by atoms with Crippen molar-refractivity contribution < 1.29 is 5.11 Å². The van der Waals surface area contributed by atoms with Gasteiger partial charge in [-0.1, -0.05) is 37.3 Å². The zero-order valence-electron chi connectivity index (χ0n) is 15.1. The van der Waals surface area contributed by atoms with Gasteiger partial charge in [-0.25, -0.2) is 4.79 Å². The lowest BCUT2D eigenvalue weighted by molar-refractivity contribution is 0.271. The van der Waals surface area contributed by atoms with Crippen LogP contribution in [0.3, 0.4) is 0 Å². The Morgan fingerprint density at radius 3 is 2.46 bits per heavy atom. The third kappa shape index (κ3) is 3.03. The first-order chi connectivity index (χ1) is 12.5. The summed E-state index contributed by atoms with van der Waals surface area (Å²) in [5, 5.41) is 12.7. The smallest absolute Gasteiger partial charge is 0.332 e. The molecule has 3 aromatic rings. The van der Waals surface area contributed by atoms with E-state index in [0.29, 0.717) is 30.1 Å². The van der Waals surface area contributed by atoms with Crippen LogP contribution >= 0.6 is 0 Å². The molecule has 0 bridgehead atoms. The van der Waals surface area contributed by atoms with Crippen LogP contribution in [0.25, 0.3) is 11.2 Å². The Bertz CT molecular complexity index is 1030. The molecule has 0 aliphatic rings. The summed E-state index contributed by atoms with van der Waals surface area (Å²) >= 11 is 0. The standard InChI is InChI=1S/C18H23N5O3/c1-4-13(11-24)19-17-20-15-14(16(25)22(3)18(26)21(15)2)23(17)10-12-8-6-5-7-9-12/h5-9,13,24H,4,10-11H2,1-3H3,(H,19,20)/t13-/m0/s1. The number of hydrogen-bond donors (Lipinski definition) is 2. The summed E-state index contributed by atoms with van der Waals surface area (Å²) in [6, 6.07) is 9.52. The lowest BCUT2D eigenvalue weighted by Crippen LogP contribution is -2.37. The average Bonchev–Trinajstić information content (AvgIpc) is 3.01. The van der Waals surface area contributed by atoms with E-state index in [0.717, 1.165) is 10.1 Å². The number of nitrogens with one attached hydrogen (secondary N) is 1. The molecule has 0 aliphatic heterocycles. The summed E-state index contributed by atoms with van der Waals surface area (Å²) < 4.78 is 4.21. The van der Waals surface area contributed by atoms with Crippen molar-refractivity contribution in [2.45, 2.75) is 25.9 Å². The molecule has 0 radical (unpaired) electrons. The molecule has 0 saturated carbocycles. The van der Waals surface area contributed by atoms with E-state index in [1.54, 1.807) is 11.6 Å². The molecule has 138 valence electrons. The lowest BCUT2D eigenvalue weighted by Gasteiger charge is -2.16. The molecule has 0 fully saturated rings. The maximum Gasteiger partial charge on any atom is 0.332 e. The minimum Gasteiger partial charge on any atom is -0.394 e. The predicted octanol–water partition coefficient (Wildman–Crippen LogP) is 0.665. The molecule has 1 aromatic carbocycles. The van der Waals surface area contributed by atoms with Crippen molar-refractivity contribution in [2.75, 3.05) is 11.9 Å². The Hall–Kier alpha value is -2.87. The van der Waals surface area contributed by atoms with E-state index in [1.165, 1.54) is 11.6 Å². The van der Waals surface area contributed by atoms with Gasteiger partial charge in [-0.05, 0) is 12.0 Å². The molecule has 2 heterocycles. The molecule has 0 aliphatic carbocycles. The minimum absolute atomic E-state index is 0.0536. The molecule has 1 atom stereocenters. The van der Waals surface area contributed by atoms with E-state index in [1.807, 2.05) is 37.3 Å². The molecule has 0 unspecified atom stereocenters. The fraction of sp³-hybridized carbons (Fsp3) is 0.389. The Labute approximate surface area is 150 Å². The van der Waals surface area contributed by atoms with E-state index in [-0.39, 0.29) is 12.6 Å². The molecule has 2 N–H and O–H groups in total. The summed E-state index contributed by atoms with van der Waals surface area (Å²) in [6.07, 6.45) is 0.696. The second-order valence-electron chi connectivity index (χ2n) is 6.32. The van der Waals surface area contributed by atoms with Gasteiger partial charge < -0.3 is 10.4 Å². The number of imidazole rings is 1. The van der Waals surface area contributed by atoms with Crippen molar-refractivity contribution >= 4 is 17.1 Å². The number of aliphatic hydroxyl groups is 1. The number of nitrogens with zero attached hydrogens (tertiary/aromatic N) is 4. The zero-order valence-corrected chi connectivity index (χ0v) is 15.1. The highest BCUT2D eigenvalue weighted by molar-refractivity contribution is 5.74. The highest BCUT2D eigenvalue weighted by Gasteiger charge is 2.20. The van der Waals surface area contributed by atoms with Crippen LogP contribution in [0, 0.1) is 0 Å². The van der Waals surface area contributed by atoms with Crippen LogP contribution in [0.2, 0.25) is 0 Å². The topological polar surface area (TPSA) is 94.1 Å². The molecular weight excluding hydrogens is 334 g/mol. The Kier molecular flexibility index (Phi) is 4.94. The SMILES string of the molecule is CC[C@@H](CO)Nc1nc2c(c(=O)n(C)c(=O)n2C)n1Cc1ccccc1. The van der Waals surface area contributed by atoms with E-state index >= 15 is 0 Å². The Morgan fingerprint density at radius 1 is 1.15 bits per heavy atom. The third-order valence-corrected chi connectivity index (χ3v) is 4.58. The van der Waals surface area contributed by atoms with Gasteiger partial charge in [-0.2, -0.15) is 4.98 Å². The van der Waals surface area contributed by atoms with Gasteiger partial charge in [0, 0.05) is 14.1 Å². The first-order valence-electron chi connectivity index (χ1n) is 8.55. The van der Waals surface area contributed by atoms with Crippen molar-refractivity contribution in [2.24, 2.45) is 14.1 Å². The number of fused-ring (bicyclic) bond motifs is 1. The van der Waals surface area contributed by atoms with E-state index in [4.69, 9.17) is 0 Å². The molecule has 26 heavy (non-hydrogen) atoms. The van der Waals surface area contributed by atoms with Gasteiger partial charge in [-0.3, -0.25) is 18.5 Å². The van der Waals surface area contributed by atoms with E-state index < -0.39 is 11.2 Å². The van der Waals surface area contributed by atoms with Gasteiger partial charge in [-0.15, -0.1) is 0 Å². The highest BCUT2D eigenvalue weighted by atomic mass is 16.3. The van der Waals surface area contributed by atoms with Gasteiger partial charge in [0.1, 0.15) is 0 Å². The van der Waals surface area contributed by atoms with Crippen LogP contribution in [-0.2, 0) is 20.6 Å². The van der Waals surface area contributed by atoms with Gasteiger partial charge in [0.2, 0.25) is 5.95 Å². The number of aryl methyl sites for hydroxylation is 1. The first kappa shape index (κ1) is 17.9. The molecule has 2 aromatic heterocycles. The number of benzene rings is 1. The number of anilines is 1. The summed E-state index contributed by atoms with van der Waals surface area (Å²) in [5.41, 5.74) is 0.866. The maximum atomic E-state index is 12.8. The highest BCUT2D eigenvalue weighted by Crippen LogP contribution is 2.19. The van der Waals surface area contributed by atoms with Gasteiger partial charge in [0.25, 0.3) is 5.56 Å². The van der Waals surface area contributed by atoms with Crippen molar-refractivity contribution in [3.05, 3.63) is 56.7 Å². The summed E-state index contributed by atoms with van der Waals surface area (Å²) in [4.78, 5) is 29.5. The molecule has 0 amide bonds. The van der Waals surface area contributed by atoms with Crippen molar-refractivity contribution in [3.8, 4) is 0 Å². The quantitative estimate of drug-likeness (QED) is 0.676. The third-order valence-electron chi connectivity index (χ3n) is 4.58. The Morgan fingerprint density at radius 2 is 1.85 bits per heavy atom. The van der Waals surface area contributed by atoms with Crippen LogP contribution in [0.5, 0.6) is 0 Å². The monoisotopic (exact) mass is 357 g/mol. The first-order valence-corrected chi connectivity index (χ1v) is 8.55. The average molecular weight is 357 g/mol. The van der Waals surface area contributed by atoms with Gasteiger partial charge in [0.05, 0.1) is 19.2 Å². The van der Waals surface area contributed by atoms with E-state index in [2.05, 4.69) is 10.3 Å². The minimum atomic E-state index is -0.424. The van der Waals surface area contributed by atoms with Crippen LogP contribution in [0.15, 0.2) is 39.9 Å². The summed E-state index contributed by atoms with van der Waals surface area (Å²) in [7, 11) is 3.05. The molecule has 8 nitrogen and oxygen atoms in total. The van der Waals surface area contributed by atoms with Crippen molar-refractivity contribution in [1.82, 2.24) is 18.7 Å². The van der Waals surface area contributed by atoms with Gasteiger partial charge in [0.15, 0.2) is 11.2 Å². The molecular formula is C18H23N5O3. The number of aromatic nitrogens is 4. The Balaban J connectivity index is 2.26.